The summed E-state index contributed by atoms with van der Waals surface area (Å²) in [5.41, 5.74) is 69.2. The molecule has 14 aromatic rings. The number of rotatable bonds is 0. The summed E-state index contributed by atoms with van der Waals surface area (Å²) in [5, 5.41) is 0. The average Bonchev–Trinajstić information content (AvgIpc) is 1.41. The molecule has 0 atom stereocenters. The van der Waals surface area contributed by atoms with Gasteiger partial charge in [0.15, 0.2) is 0 Å². The van der Waals surface area contributed by atoms with Gasteiger partial charge >= 0.3 is 0 Å². The summed E-state index contributed by atoms with van der Waals surface area (Å²) < 4.78 is 0. The van der Waals surface area contributed by atoms with Gasteiger partial charge in [-0.25, -0.2) is 0 Å². The molecule has 578 valence electrons. The predicted molar refractivity (Wildman–Crippen MR) is 474 cm³/mol. The monoisotopic (exact) mass is 1510 g/mol. The molecule has 10 heteroatoms. The van der Waals surface area contributed by atoms with Crippen molar-refractivity contribution in [2.24, 2.45) is 0 Å². The van der Waals surface area contributed by atoms with E-state index in [0.717, 1.165) is 90.5 Å². The van der Waals surface area contributed by atoms with Crippen LogP contribution in [0.25, 0.3) is 77.9 Å². The van der Waals surface area contributed by atoms with Gasteiger partial charge in [0.05, 0.1) is 17.1 Å². The minimum Gasteiger partial charge on any atom is -0.261 e. The highest BCUT2D eigenvalue weighted by Crippen LogP contribution is 2.47. The van der Waals surface area contributed by atoms with Crippen LogP contribution in [0.4, 0.5) is 0 Å². The van der Waals surface area contributed by atoms with Gasteiger partial charge in [0, 0.05) is 176 Å². The van der Waals surface area contributed by atoms with Crippen molar-refractivity contribution < 1.29 is 0 Å². The lowest BCUT2D eigenvalue weighted by Crippen LogP contribution is -1.97. The van der Waals surface area contributed by atoms with E-state index in [1.165, 1.54) is 245 Å². The third-order valence-electron chi connectivity index (χ3n) is 26.7. The van der Waals surface area contributed by atoms with Gasteiger partial charge in [0.1, 0.15) is 0 Å². The van der Waals surface area contributed by atoms with Crippen molar-refractivity contribution in [2.75, 3.05) is 0 Å². The van der Waals surface area contributed by atoms with Crippen LogP contribution in [0.2, 0.25) is 0 Å². The molecule has 0 saturated carbocycles. The molecular formula is C105H108N10. The zero-order chi connectivity index (χ0) is 81.6. The molecule has 0 N–H and O–H groups in total. The fourth-order valence-corrected chi connectivity index (χ4v) is 18.4. The molecule has 0 amide bonds. The Morgan fingerprint density at radius 3 is 1.19 bits per heavy atom. The zero-order valence-electron chi connectivity index (χ0n) is 72.1. The smallest absolute Gasteiger partial charge is 0.0529 e. The number of aromatic nitrogens is 10. The van der Waals surface area contributed by atoms with Crippen LogP contribution in [0.5, 0.6) is 0 Å². The molecule has 0 spiro atoms. The summed E-state index contributed by atoms with van der Waals surface area (Å²) in [6.07, 6.45) is 25.0. The number of hydrogen-bond acceptors (Lipinski definition) is 10. The Kier molecular flexibility index (Phi) is 21.4. The molecule has 0 aliphatic heterocycles. The van der Waals surface area contributed by atoms with E-state index in [-0.39, 0.29) is 0 Å². The van der Waals surface area contributed by atoms with Crippen molar-refractivity contribution in [3.05, 3.63) is 347 Å². The molecule has 10 nitrogen and oxygen atoms in total. The van der Waals surface area contributed by atoms with E-state index in [2.05, 4.69) is 289 Å². The number of benzene rings is 4. The van der Waals surface area contributed by atoms with Gasteiger partial charge in [0.2, 0.25) is 0 Å². The van der Waals surface area contributed by atoms with Crippen LogP contribution in [-0.2, 0) is 44.9 Å². The van der Waals surface area contributed by atoms with Crippen molar-refractivity contribution in [1.82, 2.24) is 49.8 Å². The first kappa shape index (κ1) is 78.6. The van der Waals surface area contributed by atoms with Gasteiger partial charge < -0.3 is 0 Å². The second-order valence-corrected chi connectivity index (χ2v) is 33.4. The van der Waals surface area contributed by atoms with Crippen LogP contribution in [-0.4, -0.2) is 49.8 Å². The zero-order valence-corrected chi connectivity index (χ0v) is 72.1. The Morgan fingerprint density at radius 1 is 0.200 bits per heavy atom. The fraction of sp³-hybridized carbons (Fsp3) is 0.295. The van der Waals surface area contributed by atoms with Crippen molar-refractivity contribution in [3.8, 4) is 77.9 Å². The topological polar surface area (TPSA) is 129 Å². The molecule has 0 unspecified atom stereocenters. The molecule has 7 aliphatic carbocycles. The largest absolute Gasteiger partial charge is 0.261 e. The molecule has 21 rings (SSSR count). The van der Waals surface area contributed by atoms with Crippen LogP contribution in [0.15, 0.2) is 135 Å². The first-order valence-corrected chi connectivity index (χ1v) is 40.9. The van der Waals surface area contributed by atoms with E-state index < -0.39 is 0 Å². The van der Waals surface area contributed by atoms with E-state index >= 15 is 0 Å². The quantitative estimate of drug-likeness (QED) is 0.145. The lowest BCUT2D eigenvalue weighted by molar-refractivity contribution is 1.05. The molecule has 115 heavy (non-hydrogen) atoms. The first-order chi connectivity index (χ1) is 55.0. The van der Waals surface area contributed by atoms with Crippen LogP contribution in [0.1, 0.15) is 213 Å². The maximum atomic E-state index is 4.62. The highest BCUT2D eigenvalue weighted by molar-refractivity contribution is 5.85. The molecule has 7 aliphatic rings. The fourth-order valence-electron chi connectivity index (χ4n) is 18.4. The van der Waals surface area contributed by atoms with Crippen molar-refractivity contribution in [3.63, 3.8) is 0 Å². The summed E-state index contributed by atoms with van der Waals surface area (Å²) >= 11 is 0. The van der Waals surface area contributed by atoms with Crippen LogP contribution >= 0.6 is 0 Å². The summed E-state index contributed by atoms with van der Waals surface area (Å²) in [7, 11) is 0. The van der Waals surface area contributed by atoms with Crippen LogP contribution in [0, 0.1) is 166 Å². The first-order valence-electron chi connectivity index (χ1n) is 40.9. The Bertz CT molecular complexity index is 6300. The SMILES string of the molecule is Cc1cc(C)c2c(c1)-c1cnc(C)c(C)c1C2.Cc1cc2c(cc1C)-c1cnc(C)c(C)c1C2.Cc1ccc(C)c2c1Cc1c-2cnc(C)c1C.Cc1ccc2c(c1C)Cc1c-2cnc(C)c1C.Cc1ccnc2c1-c1cnc(C)c(C)c1C2.Cc1nc(C)c2c(c1C)Cc1ncccc1-2.Cc1ncc2c(c1C)Cc1ncccc1-2. The second kappa shape index (κ2) is 31.3. The van der Waals surface area contributed by atoms with Crippen molar-refractivity contribution in [1.29, 1.82) is 0 Å². The molecular weight excluding hydrogens is 1400 g/mol. The third kappa shape index (κ3) is 14.3. The highest BCUT2D eigenvalue weighted by atomic mass is 14.8. The van der Waals surface area contributed by atoms with E-state index in [1.807, 2.05) is 61.7 Å². The molecule has 0 radical (unpaired) electrons. The van der Waals surface area contributed by atoms with E-state index in [9.17, 15) is 0 Å². The minimum atomic E-state index is 0.959. The molecule has 0 fully saturated rings. The normalized spacial score (nSPS) is 12.5. The van der Waals surface area contributed by atoms with E-state index in [1.54, 1.807) is 0 Å². The van der Waals surface area contributed by atoms with Gasteiger partial charge in [-0.1, -0.05) is 66.2 Å². The Morgan fingerprint density at radius 2 is 0.600 bits per heavy atom. The van der Waals surface area contributed by atoms with E-state index in [0.29, 0.717) is 0 Å². The van der Waals surface area contributed by atoms with Crippen LogP contribution < -0.4 is 0 Å². The maximum absolute atomic E-state index is 4.62. The number of hydrogen-bond donors (Lipinski definition) is 0. The van der Waals surface area contributed by atoms with Gasteiger partial charge in [-0.05, 0) is 377 Å². The number of pyridine rings is 10. The minimum absolute atomic E-state index is 0.959. The average molecular weight is 1510 g/mol. The van der Waals surface area contributed by atoms with Crippen molar-refractivity contribution in [2.45, 2.75) is 211 Å². The highest BCUT2D eigenvalue weighted by Gasteiger charge is 2.31. The Labute approximate surface area is 682 Å². The molecule has 0 saturated heterocycles. The Balaban J connectivity index is 0.000000106. The van der Waals surface area contributed by atoms with Crippen LogP contribution in [0.3, 0.4) is 0 Å². The summed E-state index contributed by atoms with van der Waals surface area (Å²) in [6.45, 7) is 51.6. The van der Waals surface area contributed by atoms with Gasteiger partial charge in [-0.2, -0.15) is 0 Å². The second-order valence-electron chi connectivity index (χ2n) is 33.4. The van der Waals surface area contributed by atoms with E-state index in [4.69, 9.17) is 0 Å². The molecule has 10 heterocycles. The van der Waals surface area contributed by atoms with Crippen molar-refractivity contribution >= 4 is 0 Å². The summed E-state index contributed by atoms with van der Waals surface area (Å²) in [4.78, 5) is 44.9. The summed E-state index contributed by atoms with van der Waals surface area (Å²) in [6, 6.07) is 28.5. The van der Waals surface area contributed by atoms with Gasteiger partial charge in [-0.3, -0.25) is 49.8 Å². The lowest BCUT2D eigenvalue weighted by Gasteiger charge is -2.10. The van der Waals surface area contributed by atoms with Gasteiger partial charge in [-0.15, -0.1) is 0 Å². The number of aryl methyl sites for hydroxylation is 16. The number of nitrogens with zero attached hydrogens (tertiary/aromatic N) is 10. The maximum Gasteiger partial charge on any atom is 0.0529 e. The Hall–Kier alpha value is -11.6. The molecule has 4 aromatic carbocycles. The third-order valence-corrected chi connectivity index (χ3v) is 26.7. The standard InChI is InChI=1S/4C16H17N.2C14H14N2.C13H12N2/c1-9-5-13-7-14-11(3)12(4)17-8-16(14)15(13)6-10(9)2;1-9-5-10(2)13-7-14-11(3)12(4)17-8-16(14)15(13)6-9;1-9-5-6-13-14(10(9)2)7-15-11(3)12(4)17-8-16(13)15;1-9-5-6-10(2)16-13(9)7-14-11(3)12(4)17-8-15(14)16;1-8-4-5-15-13-6-11-9(2)10(3)16-7-12(11)14(8)13;1-8-9(2)16-10(3)14-11-5-4-6-15-13(11)7-12(8)14;1-8-9(2)15-7-12-10-4-3-5-14-13(10)6-11(8)12/h4*5-6,8H,7H2,1-4H3;4-5,7H,6H2,1-3H3;4-6H,7H2,1-3H3;3-5,7H,6H2,1-2H3. The number of fused-ring (bicyclic) bond motifs is 21. The molecule has 0 bridgehead atoms. The van der Waals surface area contributed by atoms with Gasteiger partial charge in [0.25, 0.3) is 0 Å². The molecule has 10 aromatic heterocycles. The summed E-state index contributed by atoms with van der Waals surface area (Å²) in [5.74, 6) is 0. The lowest BCUT2D eigenvalue weighted by atomic mass is 9.98. The predicted octanol–water partition coefficient (Wildman–Crippen LogP) is 24.2.